The molecular formula is C12H14BrNO5. The summed E-state index contributed by atoms with van der Waals surface area (Å²) >= 11 is 3.15. The molecule has 0 heterocycles. The van der Waals surface area contributed by atoms with Gasteiger partial charge in [-0.25, -0.2) is 0 Å². The predicted octanol–water partition coefficient (Wildman–Crippen LogP) is 1.11. The molecule has 0 aliphatic carbocycles. The Morgan fingerprint density at radius 1 is 1.42 bits per heavy atom. The Hall–Kier alpha value is -1.60. The average Bonchev–Trinajstić information content (AvgIpc) is 2.24. The van der Waals surface area contributed by atoms with Crippen LogP contribution in [0.25, 0.3) is 0 Å². The predicted molar refractivity (Wildman–Crippen MR) is 71.0 cm³/mol. The van der Waals surface area contributed by atoms with E-state index in [4.69, 9.17) is 5.11 Å². The molecule has 1 aromatic rings. The number of aromatic hydroxyl groups is 1. The topological polar surface area (TPSA) is 107 Å². The van der Waals surface area contributed by atoms with Crippen LogP contribution in [0.4, 0.5) is 0 Å². The van der Waals surface area contributed by atoms with Crippen LogP contribution < -0.4 is 5.32 Å². The summed E-state index contributed by atoms with van der Waals surface area (Å²) in [6, 6.07) is 4.37. The first-order valence-electron chi connectivity index (χ1n) is 5.42. The van der Waals surface area contributed by atoms with Gasteiger partial charge in [0.05, 0.1) is 17.6 Å². The van der Waals surface area contributed by atoms with Crippen molar-refractivity contribution in [2.45, 2.75) is 18.9 Å². The average molecular weight is 332 g/mol. The molecule has 1 unspecified atom stereocenters. The lowest BCUT2D eigenvalue weighted by Crippen LogP contribution is -2.42. The number of carboxylic acid groups (broad SMARTS) is 1. The molecule has 1 atom stereocenters. The number of carbonyl (C=O) groups excluding carboxylic acids is 1. The summed E-state index contributed by atoms with van der Waals surface area (Å²) in [7, 11) is 0. The van der Waals surface area contributed by atoms with Crippen LogP contribution in [0.1, 0.15) is 23.7 Å². The van der Waals surface area contributed by atoms with Gasteiger partial charge < -0.3 is 20.6 Å². The lowest BCUT2D eigenvalue weighted by atomic mass is 10.0. The van der Waals surface area contributed by atoms with Gasteiger partial charge in [-0.15, -0.1) is 0 Å². The summed E-state index contributed by atoms with van der Waals surface area (Å²) in [5, 5.41) is 30.3. The molecule has 0 bridgehead atoms. The van der Waals surface area contributed by atoms with Crippen molar-refractivity contribution in [3.05, 3.63) is 28.2 Å². The smallest absolute Gasteiger partial charge is 0.306 e. The van der Waals surface area contributed by atoms with E-state index in [9.17, 15) is 19.8 Å². The third-order valence-corrected chi connectivity index (χ3v) is 2.86. The van der Waals surface area contributed by atoms with E-state index in [2.05, 4.69) is 21.2 Å². The number of rotatable bonds is 5. The molecule has 0 saturated carbocycles. The first kappa shape index (κ1) is 15.5. The molecule has 104 valence electrons. The molecule has 6 nitrogen and oxygen atoms in total. The summed E-state index contributed by atoms with van der Waals surface area (Å²) < 4.78 is 0.624. The first-order chi connectivity index (χ1) is 8.71. The Kier molecular flexibility index (Phi) is 4.90. The van der Waals surface area contributed by atoms with Crippen molar-refractivity contribution < 1.29 is 24.9 Å². The minimum Gasteiger partial charge on any atom is -0.507 e. The minimum atomic E-state index is -1.55. The van der Waals surface area contributed by atoms with Crippen molar-refractivity contribution in [1.82, 2.24) is 5.32 Å². The summed E-state index contributed by atoms with van der Waals surface area (Å²) in [4.78, 5) is 22.3. The van der Waals surface area contributed by atoms with Crippen LogP contribution >= 0.6 is 15.9 Å². The van der Waals surface area contributed by atoms with Gasteiger partial charge in [0.1, 0.15) is 5.75 Å². The molecule has 4 N–H and O–H groups in total. The van der Waals surface area contributed by atoms with Gasteiger partial charge in [0.15, 0.2) is 0 Å². The zero-order chi connectivity index (χ0) is 14.6. The number of hydrogen-bond donors (Lipinski definition) is 4. The van der Waals surface area contributed by atoms with Crippen LogP contribution in [0, 0.1) is 0 Å². The number of nitrogens with one attached hydrogen (secondary N) is 1. The van der Waals surface area contributed by atoms with Crippen molar-refractivity contribution in [1.29, 1.82) is 0 Å². The number of benzene rings is 1. The quantitative estimate of drug-likeness (QED) is 0.646. The summed E-state index contributed by atoms with van der Waals surface area (Å²) in [6.07, 6.45) is -0.487. The molecule has 1 amide bonds. The lowest BCUT2D eigenvalue weighted by molar-refractivity contribution is -0.141. The highest BCUT2D eigenvalue weighted by atomic mass is 79.9. The maximum atomic E-state index is 11.8. The fraction of sp³-hybridized carbons (Fsp3) is 0.333. The van der Waals surface area contributed by atoms with Gasteiger partial charge in [-0.3, -0.25) is 9.59 Å². The number of hydrogen-bond acceptors (Lipinski definition) is 4. The minimum absolute atomic E-state index is 0.0503. The monoisotopic (exact) mass is 331 g/mol. The number of carboxylic acids is 1. The molecular weight excluding hydrogens is 318 g/mol. The fourth-order valence-electron chi connectivity index (χ4n) is 1.45. The van der Waals surface area contributed by atoms with Crippen LogP contribution in [0.2, 0.25) is 0 Å². The Bertz CT molecular complexity index is 501. The molecule has 1 aromatic carbocycles. The Morgan fingerprint density at radius 2 is 2.05 bits per heavy atom. The van der Waals surface area contributed by atoms with E-state index >= 15 is 0 Å². The number of aliphatic hydroxyl groups is 1. The van der Waals surface area contributed by atoms with Gasteiger partial charge in [0.2, 0.25) is 0 Å². The van der Waals surface area contributed by atoms with Crippen LogP contribution in [0.3, 0.4) is 0 Å². The Morgan fingerprint density at radius 3 is 2.58 bits per heavy atom. The highest BCUT2D eigenvalue weighted by Crippen LogP contribution is 2.22. The molecule has 7 heteroatoms. The van der Waals surface area contributed by atoms with E-state index in [-0.39, 0.29) is 17.9 Å². The maximum absolute atomic E-state index is 11.8. The van der Waals surface area contributed by atoms with Gasteiger partial charge in [-0.2, -0.15) is 0 Å². The zero-order valence-electron chi connectivity index (χ0n) is 10.2. The summed E-state index contributed by atoms with van der Waals surface area (Å²) in [6.45, 7) is 1.08. The normalized spacial score (nSPS) is 13.6. The fourth-order valence-corrected chi connectivity index (χ4v) is 1.80. The van der Waals surface area contributed by atoms with E-state index in [1.807, 2.05) is 0 Å². The van der Waals surface area contributed by atoms with Crippen molar-refractivity contribution in [3.8, 4) is 5.75 Å². The second-order valence-electron chi connectivity index (χ2n) is 4.41. The van der Waals surface area contributed by atoms with E-state index in [1.165, 1.54) is 19.1 Å². The van der Waals surface area contributed by atoms with Crippen molar-refractivity contribution >= 4 is 27.8 Å². The highest BCUT2D eigenvalue weighted by molar-refractivity contribution is 9.10. The van der Waals surface area contributed by atoms with Gasteiger partial charge in [0.25, 0.3) is 5.91 Å². The van der Waals surface area contributed by atoms with E-state index in [1.54, 1.807) is 6.07 Å². The largest absolute Gasteiger partial charge is 0.507 e. The molecule has 0 radical (unpaired) electrons. The zero-order valence-corrected chi connectivity index (χ0v) is 11.8. The molecule has 0 aliphatic rings. The second kappa shape index (κ2) is 6.03. The summed E-state index contributed by atoms with van der Waals surface area (Å²) in [5.74, 6) is -1.95. The number of phenolic OH excluding ortho intramolecular Hbond substituents is 1. The van der Waals surface area contributed by atoms with Gasteiger partial charge in [0, 0.05) is 11.0 Å². The van der Waals surface area contributed by atoms with E-state index in [0.717, 1.165) is 0 Å². The van der Waals surface area contributed by atoms with Crippen LogP contribution in [0.5, 0.6) is 5.75 Å². The molecule has 1 rings (SSSR count). The standard InChI is InChI=1S/C12H14BrNO5/c1-12(19,5-10(16)17)6-14-11(18)8-3-2-7(13)4-9(8)15/h2-4,15,19H,5-6H2,1H3,(H,14,18)(H,16,17). The number of amides is 1. The number of phenols is 1. The third kappa shape index (κ3) is 4.88. The van der Waals surface area contributed by atoms with Crippen LogP contribution in [-0.2, 0) is 4.79 Å². The van der Waals surface area contributed by atoms with Crippen LogP contribution in [-0.4, -0.2) is 39.3 Å². The van der Waals surface area contributed by atoms with E-state index in [0.29, 0.717) is 4.47 Å². The van der Waals surface area contributed by atoms with Gasteiger partial charge in [-0.1, -0.05) is 15.9 Å². The number of aliphatic carboxylic acids is 1. The van der Waals surface area contributed by atoms with Crippen molar-refractivity contribution in [2.24, 2.45) is 0 Å². The van der Waals surface area contributed by atoms with Crippen molar-refractivity contribution in [2.75, 3.05) is 6.54 Å². The Labute approximate surface area is 118 Å². The van der Waals surface area contributed by atoms with Gasteiger partial charge in [-0.05, 0) is 25.1 Å². The van der Waals surface area contributed by atoms with E-state index < -0.39 is 23.9 Å². The second-order valence-corrected chi connectivity index (χ2v) is 5.33. The van der Waals surface area contributed by atoms with Crippen molar-refractivity contribution in [3.63, 3.8) is 0 Å². The molecule has 19 heavy (non-hydrogen) atoms. The van der Waals surface area contributed by atoms with Crippen LogP contribution in [0.15, 0.2) is 22.7 Å². The highest BCUT2D eigenvalue weighted by Gasteiger charge is 2.25. The SMILES string of the molecule is CC(O)(CNC(=O)c1ccc(Br)cc1O)CC(=O)O. The molecule has 0 saturated heterocycles. The molecule has 0 aliphatic heterocycles. The molecule has 0 aromatic heterocycles. The summed E-state index contributed by atoms with van der Waals surface area (Å²) in [5.41, 5.74) is -1.50. The Balaban J connectivity index is 2.68. The number of carbonyl (C=O) groups is 2. The molecule has 0 spiro atoms. The lowest BCUT2D eigenvalue weighted by Gasteiger charge is -2.21. The maximum Gasteiger partial charge on any atom is 0.306 e. The number of halogens is 1. The first-order valence-corrected chi connectivity index (χ1v) is 6.21. The third-order valence-electron chi connectivity index (χ3n) is 2.37. The molecule has 0 fully saturated rings. The van der Waals surface area contributed by atoms with Gasteiger partial charge >= 0.3 is 5.97 Å².